The third-order valence-electron chi connectivity index (χ3n) is 5.72. The summed E-state index contributed by atoms with van der Waals surface area (Å²) >= 11 is 0. The van der Waals surface area contributed by atoms with Gasteiger partial charge in [-0.3, -0.25) is 14.4 Å². The number of aryl methyl sites for hydroxylation is 1. The molecule has 0 aliphatic carbocycles. The molecule has 0 unspecified atom stereocenters. The first-order valence-corrected chi connectivity index (χ1v) is 11.2. The quantitative estimate of drug-likeness (QED) is 0.591. The molecule has 33 heavy (non-hydrogen) atoms. The molecule has 4 rings (SSSR count). The van der Waals surface area contributed by atoms with Gasteiger partial charge in [-0.15, -0.1) is 0 Å². The molecule has 1 atom stereocenters. The molecule has 0 saturated carbocycles. The number of fused-ring (bicyclic) bond motifs is 1. The fraction of sp³-hybridized carbons (Fsp3) is 0.222. The van der Waals surface area contributed by atoms with Crippen LogP contribution in [0.3, 0.4) is 0 Å². The van der Waals surface area contributed by atoms with E-state index in [1.807, 2.05) is 84.9 Å². The van der Waals surface area contributed by atoms with Crippen LogP contribution in [0.5, 0.6) is 0 Å². The van der Waals surface area contributed by atoms with Gasteiger partial charge in [0.2, 0.25) is 11.8 Å². The number of para-hydroxylation sites is 1. The van der Waals surface area contributed by atoms with Gasteiger partial charge in [0.05, 0.1) is 13.0 Å². The Balaban J connectivity index is 1.45. The van der Waals surface area contributed by atoms with Gasteiger partial charge in [0.25, 0.3) is 5.91 Å². The Labute approximate surface area is 193 Å². The molecule has 168 valence electrons. The second-order valence-corrected chi connectivity index (χ2v) is 8.07. The monoisotopic (exact) mass is 441 g/mol. The number of hydrogen-bond donors (Lipinski definition) is 2. The van der Waals surface area contributed by atoms with Crippen molar-refractivity contribution in [3.05, 3.63) is 102 Å². The highest BCUT2D eigenvalue weighted by Gasteiger charge is 2.30. The molecule has 6 heteroatoms. The fourth-order valence-corrected chi connectivity index (χ4v) is 4.09. The summed E-state index contributed by atoms with van der Waals surface area (Å²) in [7, 11) is 0. The third kappa shape index (κ3) is 5.66. The molecule has 1 aliphatic rings. The van der Waals surface area contributed by atoms with Crippen LogP contribution in [0.15, 0.2) is 84.9 Å². The molecule has 0 bridgehead atoms. The predicted molar refractivity (Wildman–Crippen MR) is 128 cm³/mol. The van der Waals surface area contributed by atoms with Gasteiger partial charge in [0.15, 0.2) is 0 Å². The Bertz CT molecular complexity index is 1120. The number of carbonyl (C=O) groups excluding carboxylic acids is 3. The number of nitrogens with one attached hydrogen (secondary N) is 2. The number of benzene rings is 3. The van der Waals surface area contributed by atoms with Crippen molar-refractivity contribution in [1.82, 2.24) is 10.6 Å². The van der Waals surface area contributed by atoms with Crippen molar-refractivity contribution in [2.75, 3.05) is 18.0 Å². The van der Waals surface area contributed by atoms with Crippen molar-refractivity contribution in [3.8, 4) is 0 Å². The summed E-state index contributed by atoms with van der Waals surface area (Å²) in [6, 6.07) is 25.6. The maximum Gasteiger partial charge on any atom is 0.254 e. The molecule has 0 aromatic heterocycles. The SMILES string of the molecule is O=C(Cc1ccccc1)NCC(=O)N[C@@H](C(=O)N1CCCc2ccccc21)c1ccccc1. The minimum absolute atomic E-state index is 0.183. The van der Waals surface area contributed by atoms with E-state index in [2.05, 4.69) is 10.6 Å². The Morgan fingerprint density at radius 3 is 2.24 bits per heavy atom. The third-order valence-corrected chi connectivity index (χ3v) is 5.72. The molecule has 0 saturated heterocycles. The Morgan fingerprint density at radius 2 is 1.48 bits per heavy atom. The summed E-state index contributed by atoms with van der Waals surface area (Å²) in [4.78, 5) is 40.3. The van der Waals surface area contributed by atoms with Crippen molar-refractivity contribution < 1.29 is 14.4 Å². The molecule has 1 heterocycles. The average Bonchev–Trinajstić information content (AvgIpc) is 2.86. The number of rotatable bonds is 7. The lowest BCUT2D eigenvalue weighted by molar-refractivity contribution is -0.128. The van der Waals surface area contributed by atoms with Crippen LogP contribution in [0.25, 0.3) is 0 Å². The van der Waals surface area contributed by atoms with E-state index in [9.17, 15) is 14.4 Å². The van der Waals surface area contributed by atoms with Crippen LogP contribution in [0.1, 0.15) is 29.2 Å². The largest absolute Gasteiger partial charge is 0.347 e. The van der Waals surface area contributed by atoms with Crippen LogP contribution in [0.2, 0.25) is 0 Å². The zero-order valence-corrected chi connectivity index (χ0v) is 18.4. The first kappa shape index (κ1) is 22.3. The van der Waals surface area contributed by atoms with Crippen LogP contribution in [-0.4, -0.2) is 30.8 Å². The zero-order chi connectivity index (χ0) is 23.0. The number of amides is 3. The minimum atomic E-state index is -0.837. The molecule has 0 radical (unpaired) electrons. The van der Waals surface area contributed by atoms with E-state index in [1.54, 1.807) is 4.90 Å². The summed E-state index contributed by atoms with van der Waals surface area (Å²) in [6.45, 7) is 0.404. The summed E-state index contributed by atoms with van der Waals surface area (Å²) in [5.41, 5.74) is 3.59. The van der Waals surface area contributed by atoms with Gasteiger partial charge in [-0.25, -0.2) is 0 Å². The van der Waals surface area contributed by atoms with Crippen LogP contribution >= 0.6 is 0 Å². The standard InChI is InChI=1S/C27H27N3O3/c31-24(18-20-10-3-1-4-11-20)28-19-25(32)29-26(22-13-5-2-6-14-22)27(33)30-17-9-15-21-12-7-8-16-23(21)30/h1-8,10-14,16,26H,9,15,17-19H2,(H,28,31)(H,29,32)/t26-/m1/s1. The van der Waals surface area contributed by atoms with E-state index in [4.69, 9.17) is 0 Å². The first-order chi connectivity index (χ1) is 16.1. The minimum Gasteiger partial charge on any atom is -0.347 e. The second kappa shape index (κ2) is 10.6. The normalized spacial score (nSPS) is 13.5. The van der Waals surface area contributed by atoms with E-state index < -0.39 is 11.9 Å². The predicted octanol–water partition coefficient (Wildman–Crippen LogP) is 3.18. The highest BCUT2D eigenvalue weighted by Crippen LogP contribution is 2.29. The topological polar surface area (TPSA) is 78.5 Å². The molecular formula is C27H27N3O3. The highest BCUT2D eigenvalue weighted by atomic mass is 16.2. The Morgan fingerprint density at radius 1 is 0.818 bits per heavy atom. The van der Waals surface area contributed by atoms with Crippen molar-refractivity contribution in [1.29, 1.82) is 0 Å². The summed E-state index contributed by atoms with van der Waals surface area (Å²) in [5.74, 6) is -0.842. The van der Waals surface area contributed by atoms with Crippen LogP contribution in [0.4, 0.5) is 5.69 Å². The number of hydrogen-bond acceptors (Lipinski definition) is 3. The van der Waals surface area contributed by atoms with E-state index >= 15 is 0 Å². The molecule has 6 nitrogen and oxygen atoms in total. The maximum absolute atomic E-state index is 13.6. The highest BCUT2D eigenvalue weighted by molar-refractivity contribution is 6.01. The first-order valence-electron chi connectivity index (χ1n) is 11.2. The lowest BCUT2D eigenvalue weighted by Crippen LogP contribution is -2.47. The molecule has 3 aromatic carbocycles. The number of anilines is 1. The van der Waals surface area contributed by atoms with Gasteiger partial charge in [0, 0.05) is 12.2 Å². The number of nitrogens with zero attached hydrogens (tertiary/aromatic N) is 1. The maximum atomic E-state index is 13.6. The lowest BCUT2D eigenvalue weighted by atomic mass is 9.99. The molecule has 3 amide bonds. The van der Waals surface area contributed by atoms with Gasteiger partial charge in [0.1, 0.15) is 6.04 Å². The summed E-state index contributed by atoms with van der Waals surface area (Å²) in [6.07, 6.45) is 1.99. The van der Waals surface area contributed by atoms with Crippen molar-refractivity contribution in [3.63, 3.8) is 0 Å². The average molecular weight is 442 g/mol. The molecule has 2 N–H and O–H groups in total. The van der Waals surface area contributed by atoms with Crippen molar-refractivity contribution in [2.45, 2.75) is 25.3 Å². The molecule has 1 aliphatic heterocycles. The van der Waals surface area contributed by atoms with Crippen LogP contribution < -0.4 is 15.5 Å². The van der Waals surface area contributed by atoms with Crippen LogP contribution in [0, 0.1) is 0 Å². The van der Waals surface area contributed by atoms with Crippen LogP contribution in [-0.2, 0) is 27.2 Å². The van der Waals surface area contributed by atoms with E-state index in [1.165, 1.54) is 0 Å². The van der Waals surface area contributed by atoms with E-state index in [0.29, 0.717) is 12.1 Å². The summed E-state index contributed by atoms with van der Waals surface area (Å²) < 4.78 is 0. The van der Waals surface area contributed by atoms with E-state index in [-0.39, 0.29) is 24.8 Å². The van der Waals surface area contributed by atoms with E-state index in [0.717, 1.165) is 29.7 Å². The van der Waals surface area contributed by atoms with Gasteiger partial charge in [-0.05, 0) is 35.6 Å². The molecule has 0 fully saturated rings. The molecule has 3 aromatic rings. The molecule has 0 spiro atoms. The number of carbonyl (C=O) groups is 3. The van der Waals surface area contributed by atoms with Crippen molar-refractivity contribution in [2.24, 2.45) is 0 Å². The van der Waals surface area contributed by atoms with Gasteiger partial charge in [-0.2, -0.15) is 0 Å². The summed E-state index contributed by atoms with van der Waals surface area (Å²) in [5, 5.41) is 5.48. The fourth-order valence-electron chi connectivity index (χ4n) is 4.09. The lowest BCUT2D eigenvalue weighted by Gasteiger charge is -2.32. The van der Waals surface area contributed by atoms with Gasteiger partial charge < -0.3 is 15.5 Å². The van der Waals surface area contributed by atoms with Gasteiger partial charge in [-0.1, -0.05) is 78.9 Å². The zero-order valence-electron chi connectivity index (χ0n) is 18.4. The Kier molecular flexibility index (Phi) is 7.15. The Hall–Kier alpha value is -3.93. The van der Waals surface area contributed by atoms with Crippen molar-refractivity contribution >= 4 is 23.4 Å². The van der Waals surface area contributed by atoms with Gasteiger partial charge >= 0.3 is 0 Å². The molecular weight excluding hydrogens is 414 g/mol. The second-order valence-electron chi connectivity index (χ2n) is 8.07. The smallest absolute Gasteiger partial charge is 0.254 e.